The highest BCUT2D eigenvalue weighted by molar-refractivity contribution is 5.94. The Balaban J connectivity index is 1.55. The second-order valence-corrected chi connectivity index (χ2v) is 8.97. The maximum atomic E-state index is 13.5. The predicted octanol–water partition coefficient (Wildman–Crippen LogP) is 5.17. The summed E-state index contributed by atoms with van der Waals surface area (Å²) >= 11 is 0. The first-order valence-electron chi connectivity index (χ1n) is 11.9. The molecule has 3 aromatic carbocycles. The number of amides is 2. The number of nitrogens with one attached hydrogen (secondary N) is 1. The van der Waals surface area contributed by atoms with Crippen molar-refractivity contribution >= 4 is 17.5 Å². The molecule has 6 nitrogen and oxygen atoms in total. The summed E-state index contributed by atoms with van der Waals surface area (Å²) in [6, 6.07) is 23.3. The molecule has 1 aliphatic rings. The van der Waals surface area contributed by atoms with E-state index in [1.54, 1.807) is 32.4 Å². The fourth-order valence-corrected chi connectivity index (χ4v) is 4.69. The third-order valence-corrected chi connectivity index (χ3v) is 6.56. The third kappa shape index (κ3) is 5.83. The monoisotopic (exact) mass is 472 g/mol. The molecule has 0 aliphatic carbocycles. The molecular formula is C29H32N2O4. The summed E-state index contributed by atoms with van der Waals surface area (Å²) in [6.07, 6.45) is 1.73. The van der Waals surface area contributed by atoms with Gasteiger partial charge in [-0.2, -0.15) is 0 Å². The van der Waals surface area contributed by atoms with E-state index in [0.717, 1.165) is 23.1 Å². The first kappa shape index (κ1) is 24.3. The molecule has 6 heteroatoms. The second kappa shape index (κ2) is 11.1. The molecule has 1 heterocycles. The number of carbonyl (C=O) groups excluding carboxylic acids is 2. The second-order valence-electron chi connectivity index (χ2n) is 8.97. The van der Waals surface area contributed by atoms with Gasteiger partial charge in [-0.15, -0.1) is 0 Å². The van der Waals surface area contributed by atoms with Crippen LogP contribution in [0.2, 0.25) is 0 Å². The highest BCUT2D eigenvalue weighted by Gasteiger charge is 2.35. The molecule has 0 saturated carbocycles. The van der Waals surface area contributed by atoms with Gasteiger partial charge in [-0.3, -0.25) is 9.59 Å². The molecule has 1 aliphatic heterocycles. The van der Waals surface area contributed by atoms with E-state index < -0.39 is 0 Å². The number of hydrogen-bond acceptors (Lipinski definition) is 4. The molecule has 4 rings (SSSR count). The van der Waals surface area contributed by atoms with Gasteiger partial charge < -0.3 is 19.7 Å². The van der Waals surface area contributed by atoms with E-state index in [1.165, 1.54) is 0 Å². The van der Waals surface area contributed by atoms with Crippen LogP contribution in [0.1, 0.15) is 35.6 Å². The number of nitrogens with zero attached hydrogens (tertiary/aromatic N) is 1. The first-order chi connectivity index (χ1) is 17.0. The van der Waals surface area contributed by atoms with E-state index in [2.05, 4.69) is 30.4 Å². The van der Waals surface area contributed by atoms with Crippen LogP contribution in [-0.4, -0.2) is 37.5 Å². The SMILES string of the molecule is COc1ccc(NC(=O)[C@H]2CC[C@H](c3cccc(C)c3)N(C(=O)Cc3ccccc3)C2)c(OC)c1. The molecule has 1 saturated heterocycles. The van der Waals surface area contributed by atoms with Crippen LogP contribution in [0.25, 0.3) is 0 Å². The number of hydrogen-bond donors (Lipinski definition) is 1. The topological polar surface area (TPSA) is 67.9 Å². The minimum absolute atomic E-state index is 0.0298. The molecule has 35 heavy (non-hydrogen) atoms. The quantitative estimate of drug-likeness (QED) is 0.515. The normalized spacial score (nSPS) is 17.5. The minimum Gasteiger partial charge on any atom is -0.497 e. The number of aryl methyl sites for hydroxylation is 1. The Morgan fingerprint density at radius 1 is 0.943 bits per heavy atom. The maximum Gasteiger partial charge on any atom is 0.229 e. The van der Waals surface area contributed by atoms with Gasteiger partial charge in [0.2, 0.25) is 11.8 Å². The Morgan fingerprint density at radius 3 is 2.46 bits per heavy atom. The van der Waals surface area contributed by atoms with E-state index in [9.17, 15) is 9.59 Å². The van der Waals surface area contributed by atoms with Gasteiger partial charge in [0.25, 0.3) is 0 Å². The number of likely N-dealkylation sites (tertiary alicyclic amines) is 1. The highest BCUT2D eigenvalue weighted by Crippen LogP contribution is 2.36. The number of methoxy groups -OCH3 is 2. The van der Waals surface area contributed by atoms with E-state index >= 15 is 0 Å². The van der Waals surface area contributed by atoms with Crippen LogP contribution in [0.4, 0.5) is 5.69 Å². The highest BCUT2D eigenvalue weighted by atomic mass is 16.5. The zero-order chi connectivity index (χ0) is 24.8. The summed E-state index contributed by atoms with van der Waals surface area (Å²) in [7, 11) is 3.14. The number of anilines is 1. The van der Waals surface area contributed by atoms with Crippen molar-refractivity contribution in [2.45, 2.75) is 32.2 Å². The first-order valence-corrected chi connectivity index (χ1v) is 11.9. The van der Waals surface area contributed by atoms with E-state index in [4.69, 9.17) is 9.47 Å². The molecule has 0 spiro atoms. The van der Waals surface area contributed by atoms with Crippen LogP contribution in [0, 0.1) is 12.8 Å². The Kier molecular flexibility index (Phi) is 7.70. The Morgan fingerprint density at radius 2 is 1.74 bits per heavy atom. The van der Waals surface area contributed by atoms with Crippen molar-refractivity contribution < 1.29 is 19.1 Å². The lowest BCUT2D eigenvalue weighted by Gasteiger charge is -2.40. The average Bonchev–Trinajstić information content (AvgIpc) is 2.89. The van der Waals surface area contributed by atoms with Crippen molar-refractivity contribution in [3.63, 3.8) is 0 Å². The third-order valence-electron chi connectivity index (χ3n) is 6.56. The molecule has 0 aromatic heterocycles. The Bertz CT molecular complexity index is 1180. The van der Waals surface area contributed by atoms with Gasteiger partial charge in [0.15, 0.2) is 0 Å². The van der Waals surface area contributed by atoms with Crippen LogP contribution in [0.3, 0.4) is 0 Å². The van der Waals surface area contributed by atoms with Gasteiger partial charge in [-0.1, -0.05) is 60.2 Å². The summed E-state index contributed by atoms with van der Waals surface area (Å²) in [6.45, 7) is 2.43. The zero-order valence-electron chi connectivity index (χ0n) is 20.5. The van der Waals surface area contributed by atoms with E-state index in [-0.39, 0.29) is 23.8 Å². The van der Waals surface area contributed by atoms with Crippen molar-refractivity contribution in [1.82, 2.24) is 4.90 Å². The number of rotatable bonds is 7. The summed E-state index contributed by atoms with van der Waals surface area (Å²) in [5.74, 6) is 0.776. The van der Waals surface area contributed by atoms with Crippen LogP contribution >= 0.6 is 0 Å². The largest absolute Gasteiger partial charge is 0.497 e. The summed E-state index contributed by atoms with van der Waals surface area (Å²) in [5.41, 5.74) is 3.82. The predicted molar refractivity (Wildman–Crippen MR) is 137 cm³/mol. The van der Waals surface area contributed by atoms with Crippen LogP contribution in [-0.2, 0) is 16.0 Å². The fraction of sp³-hybridized carbons (Fsp3) is 0.310. The van der Waals surface area contributed by atoms with Crippen molar-refractivity contribution in [2.24, 2.45) is 5.92 Å². The number of ether oxygens (including phenoxy) is 2. The molecule has 3 aromatic rings. The van der Waals surface area contributed by atoms with Crippen LogP contribution in [0.15, 0.2) is 72.8 Å². The van der Waals surface area contributed by atoms with Gasteiger partial charge in [0.1, 0.15) is 11.5 Å². The smallest absolute Gasteiger partial charge is 0.229 e. The van der Waals surface area contributed by atoms with E-state index in [0.29, 0.717) is 36.6 Å². The molecule has 182 valence electrons. The molecule has 2 atom stereocenters. The van der Waals surface area contributed by atoms with Gasteiger partial charge in [-0.05, 0) is 43.0 Å². The lowest BCUT2D eigenvalue weighted by Crippen LogP contribution is -2.46. The van der Waals surface area contributed by atoms with Gasteiger partial charge in [0, 0.05) is 12.6 Å². The summed E-state index contributed by atoms with van der Waals surface area (Å²) in [5, 5.41) is 3.00. The number of carbonyl (C=O) groups is 2. The van der Waals surface area contributed by atoms with Crippen molar-refractivity contribution in [2.75, 3.05) is 26.1 Å². The van der Waals surface area contributed by atoms with Crippen molar-refractivity contribution in [3.8, 4) is 11.5 Å². The Labute approximate surface area is 206 Å². The molecule has 0 unspecified atom stereocenters. The van der Waals surface area contributed by atoms with Crippen LogP contribution in [0.5, 0.6) is 11.5 Å². The maximum absolute atomic E-state index is 13.5. The molecule has 1 fully saturated rings. The van der Waals surface area contributed by atoms with Crippen molar-refractivity contribution in [1.29, 1.82) is 0 Å². The fourth-order valence-electron chi connectivity index (χ4n) is 4.69. The van der Waals surface area contributed by atoms with Crippen molar-refractivity contribution in [3.05, 3.63) is 89.5 Å². The lowest BCUT2D eigenvalue weighted by atomic mass is 9.87. The summed E-state index contributed by atoms with van der Waals surface area (Å²) < 4.78 is 10.7. The molecular weight excluding hydrogens is 440 g/mol. The van der Waals surface area contributed by atoms with Gasteiger partial charge in [0.05, 0.1) is 38.3 Å². The van der Waals surface area contributed by atoms with Gasteiger partial charge >= 0.3 is 0 Å². The molecule has 1 N–H and O–H groups in total. The molecule has 0 bridgehead atoms. The lowest BCUT2D eigenvalue weighted by molar-refractivity contribution is -0.137. The Hall–Kier alpha value is -3.80. The molecule has 2 amide bonds. The standard InChI is InChI=1S/C29H32N2O4/c1-20-8-7-11-22(16-20)26-15-12-23(19-31(26)28(32)17-21-9-5-4-6-10-21)29(33)30-25-14-13-24(34-2)18-27(25)35-3/h4-11,13-14,16,18,23,26H,12,15,17,19H2,1-3H3,(H,30,33)/t23-,26+/m0/s1. The minimum atomic E-state index is -0.317. The molecule has 0 radical (unpaired) electrons. The van der Waals surface area contributed by atoms with Crippen LogP contribution < -0.4 is 14.8 Å². The van der Waals surface area contributed by atoms with E-state index in [1.807, 2.05) is 41.3 Å². The zero-order valence-corrected chi connectivity index (χ0v) is 20.5. The number of benzene rings is 3. The number of piperidine rings is 1. The average molecular weight is 473 g/mol. The van der Waals surface area contributed by atoms with Gasteiger partial charge in [-0.25, -0.2) is 0 Å². The summed E-state index contributed by atoms with van der Waals surface area (Å²) in [4.78, 5) is 28.7.